The zero-order valence-electron chi connectivity index (χ0n) is 9.33. The van der Waals surface area contributed by atoms with E-state index >= 15 is 0 Å². The first-order valence-corrected chi connectivity index (χ1v) is 4.49. The number of nitrogens with zero attached hydrogens (tertiary/aromatic N) is 3. The average molecular weight is 276 g/mol. The van der Waals surface area contributed by atoms with Crippen molar-refractivity contribution in [2.75, 3.05) is 0 Å². The zero-order chi connectivity index (χ0) is 13.0. The van der Waals surface area contributed by atoms with Gasteiger partial charge in [0.25, 0.3) is 5.69 Å². The molecule has 0 fully saturated rings. The second-order valence-corrected chi connectivity index (χ2v) is 3.13. The van der Waals surface area contributed by atoms with Gasteiger partial charge in [-0.15, -0.1) is 17.5 Å². The van der Waals surface area contributed by atoms with Crippen LogP contribution in [0.3, 0.4) is 0 Å². The van der Waals surface area contributed by atoms with Crippen molar-refractivity contribution in [3.05, 3.63) is 39.2 Å². The molecular formula is C9H11ClFN5O2. The van der Waals surface area contributed by atoms with Crippen LogP contribution in [0, 0.1) is 22.9 Å². The minimum atomic E-state index is -0.636. The quantitative estimate of drug-likeness (QED) is 0.371. The number of guanidine groups is 1. The topological polar surface area (TPSA) is 120 Å². The first kappa shape index (κ1) is 15.8. The van der Waals surface area contributed by atoms with Gasteiger partial charge in [-0.05, 0) is 13.0 Å². The highest BCUT2D eigenvalue weighted by Gasteiger charge is 2.16. The number of halogens is 2. The molecule has 0 heterocycles. The molecule has 0 amide bonds. The Morgan fingerprint density at radius 3 is 2.61 bits per heavy atom. The monoisotopic (exact) mass is 275 g/mol. The fourth-order valence-electron chi connectivity index (χ4n) is 1.16. The van der Waals surface area contributed by atoms with Gasteiger partial charge in [0.15, 0.2) is 0 Å². The minimum absolute atomic E-state index is 0. The third-order valence-corrected chi connectivity index (χ3v) is 1.98. The molecule has 0 atom stereocenters. The van der Waals surface area contributed by atoms with Crippen molar-refractivity contribution in [1.29, 1.82) is 0 Å². The van der Waals surface area contributed by atoms with E-state index in [1.807, 2.05) is 0 Å². The van der Waals surface area contributed by atoms with Gasteiger partial charge in [-0.2, -0.15) is 5.10 Å². The molecule has 0 aliphatic rings. The second-order valence-electron chi connectivity index (χ2n) is 3.13. The number of rotatable bonds is 3. The lowest BCUT2D eigenvalue weighted by Crippen LogP contribution is -2.21. The van der Waals surface area contributed by atoms with Gasteiger partial charge in [-0.25, -0.2) is 4.39 Å². The Hall–Kier alpha value is -2.22. The maximum Gasteiger partial charge on any atom is 0.278 e. The second kappa shape index (κ2) is 6.50. The molecule has 4 N–H and O–H groups in total. The first-order valence-electron chi connectivity index (χ1n) is 4.49. The molecule has 0 saturated heterocycles. The summed E-state index contributed by atoms with van der Waals surface area (Å²) in [5, 5.41) is 17.4. The van der Waals surface area contributed by atoms with Crippen LogP contribution in [0.1, 0.15) is 11.1 Å². The summed E-state index contributed by atoms with van der Waals surface area (Å²) in [5.74, 6) is -0.861. The van der Waals surface area contributed by atoms with Crippen LogP contribution in [0.25, 0.3) is 0 Å². The van der Waals surface area contributed by atoms with Crippen LogP contribution in [-0.4, -0.2) is 17.1 Å². The van der Waals surface area contributed by atoms with E-state index in [1.54, 1.807) is 0 Å². The molecule has 0 spiro atoms. The van der Waals surface area contributed by atoms with E-state index in [0.717, 1.165) is 18.3 Å². The smallest absolute Gasteiger partial charge is 0.278 e. The number of nitro benzene ring substituents is 1. The van der Waals surface area contributed by atoms with Gasteiger partial charge in [-0.1, -0.05) is 0 Å². The summed E-state index contributed by atoms with van der Waals surface area (Å²) < 4.78 is 13.2. The molecule has 9 heteroatoms. The van der Waals surface area contributed by atoms with E-state index < -0.39 is 10.7 Å². The molecule has 0 aromatic heterocycles. The van der Waals surface area contributed by atoms with Crippen molar-refractivity contribution in [2.24, 2.45) is 21.7 Å². The molecular weight excluding hydrogens is 265 g/mol. The van der Waals surface area contributed by atoms with E-state index in [4.69, 9.17) is 11.5 Å². The number of hydrogen-bond acceptors (Lipinski definition) is 4. The number of benzene rings is 1. The van der Waals surface area contributed by atoms with E-state index in [0.29, 0.717) is 0 Å². The molecule has 7 nitrogen and oxygen atoms in total. The average Bonchev–Trinajstić information content (AvgIpc) is 2.23. The van der Waals surface area contributed by atoms with Crippen molar-refractivity contribution in [1.82, 2.24) is 0 Å². The zero-order valence-corrected chi connectivity index (χ0v) is 10.1. The molecule has 0 bridgehead atoms. The van der Waals surface area contributed by atoms with Crippen LogP contribution in [-0.2, 0) is 0 Å². The molecule has 0 aliphatic carbocycles. The highest BCUT2D eigenvalue weighted by Crippen LogP contribution is 2.22. The van der Waals surface area contributed by atoms with E-state index in [2.05, 4.69) is 10.2 Å². The number of hydrogen-bond donors (Lipinski definition) is 2. The van der Waals surface area contributed by atoms with Gasteiger partial charge >= 0.3 is 0 Å². The van der Waals surface area contributed by atoms with Crippen LogP contribution in [0.5, 0.6) is 0 Å². The van der Waals surface area contributed by atoms with Gasteiger partial charge in [0.2, 0.25) is 5.96 Å². The van der Waals surface area contributed by atoms with Gasteiger partial charge in [0, 0.05) is 11.6 Å². The Morgan fingerprint density at radius 1 is 1.50 bits per heavy atom. The first-order chi connectivity index (χ1) is 7.93. The van der Waals surface area contributed by atoms with Gasteiger partial charge in [-0.3, -0.25) is 10.1 Å². The summed E-state index contributed by atoms with van der Waals surface area (Å²) in [4.78, 5) is 10.1. The predicted molar refractivity (Wildman–Crippen MR) is 68.4 cm³/mol. The lowest BCUT2D eigenvalue weighted by Gasteiger charge is -2.02. The van der Waals surface area contributed by atoms with Crippen molar-refractivity contribution >= 4 is 30.3 Å². The van der Waals surface area contributed by atoms with Crippen molar-refractivity contribution in [3.8, 4) is 0 Å². The Bertz CT molecular complexity index is 514. The molecule has 0 unspecified atom stereocenters. The molecule has 0 radical (unpaired) electrons. The highest BCUT2D eigenvalue weighted by atomic mass is 35.5. The third kappa shape index (κ3) is 3.67. The fourth-order valence-corrected chi connectivity index (χ4v) is 1.16. The predicted octanol–water partition coefficient (Wildman–Crippen LogP) is 1.07. The van der Waals surface area contributed by atoms with Gasteiger partial charge < -0.3 is 11.5 Å². The van der Waals surface area contributed by atoms with Crippen LogP contribution in [0.2, 0.25) is 0 Å². The van der Waals surface area contributed by atoms with E-state index in [-0.39, 0.29) is 35.2 Å². The Kier molecular flexibility index (Phi) is 5.70. The Morgan fingerprint density at radius 2 is 2.11 bits per heavy atom. The SMILES string of the molecule is Cc1c(F)ccc([N+](=O)[O-])c1C=NN=C(N)N.Cl. The Labute approximate surface area is 108 Å². The summed E-state index contributed by atoms with van der Waals surface area (Å²) >= 11 is 0. The van der Waals surface area contributed by atoms with Crippen molar-refractivity contribution < 1.29 is 9.31 Å². The fraction of sp³-hybridized carbons (Fsp3) is 0.111. The van der Waals surface area contributed by atoms with Gasteiger partial charge in [0.1, 0.15) is 5.82 Å². The van der Waals surface area contributed by atoms with Crippen LogP contribution >= 0.6 is 12.4 Å². The minimum Gasteiger partial charge on any atom is -0.369 e. The van der Waals surface area contributed by atoms with E-state index in [9.17, 15) is 14.5 Å². The summed E-state index contributed by atoms with van der Waals surface area (Å²) in [6.45, 7) is 1.40. The molecule has 18 heavy (non-hydrogen) atoms. The largest absolute Gasteiger partial charge is 0.369 e. The van der Waals surface area contributed by atoms with Crippen LogP contribution in [0.4, 0.5) is 10.1 Å². The van der Waals surface area contributed by atoms with Crippen molar-refractivity contribution in [2.45, 2.75) is 6.92 Å². The Balaban J connectivity index is 0.00000289. The normalized spacial score (nSPS) is 9.89. The molecule has 0 saturated carbocycles. The summed E-state index contributed by atoms with van der Waals surface area (Å²) in [5.41, 5.74) is 9.92. The highest BCUT2D eigenvalue weighted by molar-refractivity contribution is 5.88. The summed E-state index contributed by atoms with van der Waals surface area (Å²) in [7, 11) is 0. The summed E-state index contributed by atoms with van der Waals surface area (Å²) in [6, 6.07) is 2.07. The lowest BCUT2D eigenvalue weighted by molar-refractivity contribution is -0.385. The summed E-state index contributed by atoms with van der Waals surface area (Å²) in [6.07, 6.45) is 1.04. The lowest BCUT2D eigenvalue weighted by atomic mass is 10.1. The number of nitrogens with two attached hydrogens (primary N) is 2. The van der Waals surface area contributed by atoms with Crippen molar-refractivity contribution in [3.63, 3.8) is 0 Å². The van der Waals surface area contributed by atoms with E-state index in [1.165, 1.54) is 6.92 Å². The van der Waals surface area contributed by atoms with Gasteiger partial charge in [0.05, 0.1) is 16.7 Å². The molecule has 1 aromatic carbocycles. The van der Waals surface area contributed by atoms with Crippen LogP contribution in [0.15, 0.2) is 22.3 Å². The standard InChI is InChI=1S/C9H10FN5O2.ClH/c1-5-6(4-13-14-9(11)12)8(15(16)17)3-2-7(5)10;/h2-4H,1H3,(H4,11,12,14);1H. The molecule has 0 aliphatic heterocycles. The maximum atomic E-state index is 13.2. The molecule has 1 rings (SSSR count). The van der Waals surface area contributed by atoms with Crippen LogP contribution < -0.4 is 11.5 Å². The number of nitro groups is 1. The molecule has 1 aromatic rings. The maximum absolute atomic E-state index is 13.2. The molecule has 98 valence electrons. The third-order valence-electron chi connectivity index (χ3n) is 1.98.